The average molecular weight is 400 g/mol. The maximum Gasteiger partial charge on any atom is 0.337 e. The number of carbonyl (C=O) groups is 1. The second-order valence-corrected chi connectivity index (χ2v) is 8.15. The number of aromatic nitrogens is 3. The van der Waals surface area contributed by atoms with E-state index >= 15 is 0 Å². The van der Waals surface area contributed by atoms with E-state index in [9.17, 15) is 13.2 Å². The van der Waals surface area contributed by atoms with Gasteiger partial charge in [0, 0.05) is 13.1 Å². The quantitative estimate of drug-likeness (QED) is 0.590. The van der Waals surface area contributed by atoms with Crippen LogP contribution in [0.25, 0.3) is 5.69 Å². The molecule has 0 N–H and O–H groups in total. The van der Waals surface area contributed by atoms with E-state index in [0.29, 0.717) is 0 Å². The Morgan fingerprint density at radius 2 is 1.89 bits per heavy atom. The molecule has 28 heavy (non-hydrogen) atoms. The summed E-state index contributed by atoms with van der Waals surface area (Å²) >= 11 is 0. The predicted molar refractivity (Wildman–Crippen MR) is 103 cm³/mol. The van der Waals surface area contributed by atoms with Crippen molar-refractivity contribution in [2.75, 3.05) is 14.2 Å². The Bertz CT molecular complexity index is 1060. The number of carbonyl (C=O) groups excluding carboxylic acids is 1. The van der Waals surface area contributed by atoms with Gasteiger partial charge in [0.1, 0.15) is 12.7 Å². The molecule has 1 heterocycles. The monoisotopic (exact) mass is 400 g/mol. The second-order valence-electron chi connectivity index (χ2n) is 6.15. The first-order valence-corrected chi connectivity index (χ1v) is 9.90. The van der Waals surface area contributed by atoms with Crippen LogP contribution in [-0.4, -0.2) is 47.6 Å². The molecule has 3 rings (SSSR count). The second kappa shape index (κ2) is 7.91. The van der Waals surface area contributed by atoms with Crippen molar-refractivity contribution in [2.24, 2.45) is 0 Å². The Kier molecular flexibility index (Phi) is 5.57. The van der Waals surface area contributed by atoms with Crippen molar-refractivity contribution in [2.45, 2.75) is 17.9 Å². The molecule has 8 nitrogen and oxygen atoms in total. The molecule has 0 aliphatic rings. The maximum absolute atomic E-state index is 13.0. The highest BCUT2D eigenvalue weighted by atomic mass is 32.2. The first kappa shape index (κ1) is 19.7. The molecule has 9 heteroatoms. The molecule has 0 radical (unpaired) electrons. The lowest BCUT2D eigenvalue weighted by molar-refractivity contribution is 0.0600. The number of hydrogen-bond donors (Lipinski definition) is 0. The number of benzene rings is 2. The summed E-state index contributed by atoms with van der Waals surface area (Å²) in [4.78, 5) is 15.6. The first-order chi connectivity index (χ1) is 13.3. The lowest BCUT2D eigenvalue weighted by Gasteiger charge is -2.25. The number of nitrogens with zero attached hydrogens (tertiary/aromatic N) is 4. The van der Waals surface area contributed by atoms with Gasteiger partial charge in [0.25, 0.3) is 0 Å². The summed E-state index contributed by atoms with van der Waals surface area (Å²) in [5.41, 5.74) is 1.82. The van der Waals surface area contributed by atoms with Crippen LogP contribution in [0.15, 0.2) is 66.1 Å². The fourth-order valence-electron chi connectivity index (χ4n) is 2.73. The number of sulfonamides is 1. The Hall–Kier alpha value is -3.04. The number of methoxy groups -OCH3 is 1. The Morgan fingerprint density at radius 1 is 1.18 bits per heavy atom. The van der Waals surface area contributed by atoms with Crippen LogP contribution >= 0.6 is 0 Å². The van der Waals surface area contributed by atoms with Crippen LogP contribution in [0.3, 0.4) is 0 Å². The van der Waals surface area contributed by atoms with Gasteiger partial charge in [-0.1, -0.05) is 18.2 Å². The van der Waals surface area contributed by atoms with Crippen LogP contribution in [0, 0.1) is 0 Å². The summed E-state index contributed by atoms with van der Waals surface area (Å²) < 4.78 is 33.6. The van der Waals surface area contributed by atoms with Crippen molar-refractivity contribution in [1.82, 2.24) is 19.1 Å². The van der Waals surface area contributed by atoms with Crippen molar-refractivity contribution >= 4 is 16.0 Å². The summed E-state index contributed by atoms with van der Waals surface area (Å²) in [6.45, 7) is 1.80. The molecule has 3 aromatic rings. The fraction of sp³-hybridized carbons (Fsp3) is 0.211. The van der Waals surface area contributed by atoms with E-state index < -0.39 is 22.0 Å². The molecule has 0 bridgehead atoms. The number of rotatable bonds is 6. The van der Waals surface area contributed by atoms with Crippen LogP contribution in [0.4, 0.5) is 0 Å². The highest BCUT2D eigenvalue weighted by molar-refractivity contribution is 7.89. The predicted octanol–water partition coefficient (Wildman–Crippen LogP) is 2.44. The van der Waals surface area contributed by atoms with Gasteiger partial charge in [0.05, 0.1) is 23.3 Å². The van der Waals surface area contributed by atoms with Crippen LogP contribution in [-0.2, 0) is 14.8 Å². The number of hydrogen-bond acceptors (Lipinski definition) is 6. The van der Waals surface area contributed by atoms with Gasteiger partial charge in [0.2, 0.25) is 10.0 Å². The van der Waals surface area contributed by atoms with Crippen molar-refractivity contribution in [1.29, 1.82) is 0 Å². The van der Waals surface area contributed by atoms with Crippen LogP contribution in [0.1, 0.15) is 28.9 Å². The molecule has 1 aromatic heterocycles. The standard InChI is InChI=1S/C19H20N4O4S/c1-14(15-7-9-17(10-8-15)23-13-20-12-21-23)22(2)28(25,26)18-6-4-5-16(11-18)19(24)27-3/h4-14H,1-3H3/t14-/m0/s1. The molecule has 0 amide bonds. The molecule has 2 aromatic carbocycles. The number of esters is 1. The van der Waals surface area contributed by atoms with E-state index in [1.807, 2.05) is 24.3 Å². The normalized spacial score (nSPS) is 12.7. The minimum Gasteiger partial charge on any atom is -0.465 e. The highest BCUT2D eigenvalue weighted by Crippen LogP contribution is 2.27. The highest BCUT2D eigenvalue weighted by Gasteiger charge is 2.27. The minimum atomic E-state index is -3.81. The molecule has 0 aliphatic carbocycles. The van der Waals surface area contributed by atoms with Gasteiger partial charge >= 0.3 is 5.97 Å². The Labute approximate surface area is 163 Å². The third-order valence-corrected chi connectivity index (χ3v) is 6.46. The maximum atomic E-state index is 13.0. The van der Waals surface area contributed by atoms with Gasteiger partial charge in [-0.2, -0.15) is 9.40 Å². The Balaban J connectivity index is 1.85. The van der Waals surface area contributed by atoms with Gasteiger partial charge < -0.3 is 4.74 Å². The average Bonchev–Trinajstić information content (AvgIpc) is 3.27. The third kappa shape index (κ3) is 3.80. The van der Waals surface area contributed by atoms with Gasteiger partial charge in [-0.15, -0.1) is 0 Å². The Morgan fingerprint density at radius 3 is 2.50 bits per heavy atom. The molecule has 0 saturated carbocycles. The molecule has 0 fully saturated rings. The van der Waals surface area contributed by atoms with E-state index in [-0.39, 0.29) is 10.5 Å². The first-order valence-electron chi connectivity index (χ1n) is 8.46. The van der Waals surface area contributed by atoms with Gasteiger partial charge in [-0.25, -0.2) is 22.9 Å². The summed E-state index contributed by atoms with van der Waals surface area (Å²) in [5.74, 6) is -0.587. The van der Waals surface area contributed by atoms with Crippen molar-refractivity contribution < 1.29 is 17.9 Å². The van der Waals surface area contributed by atoms with E-state index in [4.69, 9.17) is 0 Å². The molecule has 0 unspecified atom stereocenters. The van der Waals surface area contributed by atoms with Gasteiger partial charge in [-0.05, 0) is 42.8 Å². The largest absolute Gasteiger partial charge is 0.465 e. The van der Waals surface area contributed by atoms with Gasteiger partial charge in [-0.3, -0.25) is 0 Å². The number of ether oxygens (including phenoxy) is 1. The van der Waals surface area contributed by atoms with E-state index in [1.54, 1.807) is 17.9 Å². The zero-order valence-corrected chi connectivity index (χ0v) is 16.5. The van der Waals surface area contributed by atoms with Crippen molar-refractivity contribution in [3.05, 3.63) is 72.3 Å². The SMILES string of the molecule is COC(=O)c1cccc(S(=O)(=O)N(C)[C@@H](C)c2ccc(-n3cncn3)cc2)c1. The minimum absolute atomic E-state index is 0.0315. The summed E-state index contributed by atoms with van der Waals surface area (Å²) in [5, 5.41) is 4.07. The zero-order chi connectivity index (χ0) is 20.3. The van der Waals surface area contributed by atoms with E-state index in [1.165, 1.54) is 49.1 Å². The van der Waals surface area contributed by atoms with Crippen molar-refractivity contribution in [3.63, 3.8) is 0 Å². The van der Waals surface area contributed by atoms with Crippen LogP contribution in [0.2, 0.25) is 0 Å². The zero-order valence-electron chi connectivity index (χ0n) is 15.7. The topological polar surface area (TPSA) is 94.4 Å². The molecular weight excluding hydrogens is 380 g/mol. The van der Waals surface area contributed by atoms with E-state index in [2.05, 4.69) is 14.8 Å². The summed E-state index contributed by atoms with van der Waals surface area (Å²) in [6.07, 6.45) is 3.03. The fourth-order valence-corrected chi connectivity index (χ4v) is 4.13. The lowest BCUT2D eigenvalue weighted by Crippen LogP contribution is -2.30. The smallest absolute Gasteiger partial charge is 0.337 e. The molecule has 1 atom stereocenters. The summed E-state index contributed by atoms with van der Waals surface area (Å²) in [6, 6.07) is 12.8. The van der Waals surface area contributed by atoms with Crippen LogP contribution < -0.4 is 0 Å². The third-order valence-electron chi connectivity index (χ3n) is 4.54. The molecule has 0 saturated heterocycles. The lowest BCUT2D eigenvalue weighted by atomic mass is 10.1. The van der Waals surface area contributed by atoms with Crippen molar-refractivity contribution in [3.8, 4) is 5.69 Å². The van der Waals surface area contributed by atoms with Crippen LogP contribution in [0.5, 0.6) is 0 Å². The van der Waals surface area contributed by atoms with Gasteiger partial charge in [0.15, 0.2) is 0 Å². The van der Waals surface area contributed by atoms with E-state index in [0.717, 1.165) is 11.3 Å². The molecule has 0 spiro atoms. The molecule has 146 valence electrons. The molecular formula is C19H20N4O4S. The summed E-state index contributed by atoms with van der Waals surface area (Å²) in [7, 11) is -1.05. The molecule has 0 aliphatic heterocycles.